The van der Waals surface area contributed by atoms with Crippen molar-refractivity contribution in [2.45, 2.75) is 119 Å². The second-order valence-electron chi connectivity index (χ2n) is 14.6. The summed E-state index contributed by atoms with van der Waals surface area (Å²) in [7, 11) is 2.01. The number of allylic oxidation sites excluding steroid dienone is 2. The SMILES string of the molecule is C=CC(=O)N(C)[C@H]1CC[C@]2(C)[C@H]3CC[C@]4(C)[C@@H]([C@H](C)CCC=C(C)C)CC[C@H]4[C@@H]3CC[C@H]2C1(C)C. The molecule has 0 aromatic rings. The van der Waals surface area contributed by atoms with Gasteiger partial charge in [-0.2, -0.15) is 0 Å². The summed E-state index contributed by atoms with van der Waals surface area (Å²) in [6.45, 7) is 21.1. The highest BCUT2D eigenvalue weighted by atomic mass is 16.2. The number of likely N-dealkylation sites (N-methyl/N-ethyl adjacent to an activating group) is 1. The Morgan fingerprint density at radius 3 is 2.29 bits per heavy atom. The molecule has 0 radical (unpaired) electrons. The number of nitrogens with zero attached hydrogens (tertiary/aromatic N) is 1. The third-order valence-corrected chi connectivity index (χ3v) is 12.5. The van der Waals surface area contributed by atoms with E-state index in [0.29, 0.717) is 22.8 Å². The van der Waals surface area contributed by atoms with Crippen molar-refractivity contribution in [3.05, 3.63) is 24.3 Å². The maximum Gasteiger partial charge on any atom is 0.245 e. The van der Waals surface area contributed by atoms with Crippen LogP contribution in [-0.4, -0.2) is 23.9 Å². The Kier molecular flexibility index (Phi) is 7.47. The molecule has 35 heavy (non-hydrogen) atoms. The fourth-order valence-electron chi connectivity index (χ4n) is 10.9. The van der Waals surface area contributed by atoms with Crippen LogP contribution < -0.4 is 0 Å². The quantitative estimate of drug-likeness (QED) is 0.274. The molecular weight excluding hydrogens is 426 g/mol. The van der Waals surface area contributed by atoms with Gasteiger partial charge in [0.25, 0.3) is 0 Å². The van der Waals surface area contributed by atoms with E-state index in [1.165, 1.54) is 69.4 Å². The van der Waals surface area contributed by atoms with Crippen LogP contribution >= 0.6 is 0 Å². The van der Waals surface area contributed by atoms with Crippen molar-refractivity contribution in [3.8, 4) is 0 Å². The number of rotatable bonds is 6. The van der Waals surface area contributed by atoms with E-state index in [1.54, 1.807) is 0 Å². The summed E-state index contributed by atoms with van der Waals surface area (Å²) in [5.74, 6) is 5.28. The van der Waals surface area contributed by atoms with Gasteiger partial charge in [0.15, 0.2) is 0 Å². The molecule has 2 nitrogen and oxygen atoms in total. The van der Waals surface area contributed by atoms with E-state index in [-0.39, 0.29) is 11.3 Å². The highest BCUT2D eigenvalue weighted by Gasteiger charge is 2.63. The van der Waals surface area contributed by atoms with E-state index in [1.807, 2.05) is 11.9 Å². The first kappa shape index (κ1) is 27.0. The number of hydrogen-bond donors (Lipinski definition) is 0. The third-order valence-electron chi connectivity index (χ3n) is 12.5. The molecule has 9 atom stereocenters. The molecule has 0 saturated heterocycles. The summed E-state index contributed by atoms with van der Waals surface area (Å²) in [6, 6.07) is 0.328. The molecule has 198 valence electrons. The minimum Gasteiger partial charge on any atom is -0.339 e. The molecule has 4 fully saturated rings. The minimum absolute atomic E-state index is 0.0875. The normalized spacial score (nSPS) is 42.7. The van der Waals surface area contributed by atoms with E-state index >= 15 is 0 Å². The first-order valence-electron chi connectivity index (χ1n) is 14.9. The van der Waals surface area contributed by atoms with Crippen molar-refractivity contribution < 1.29 is 4.79 Å². The maximum absolute atomic E-state index is 12.5. The van der Waals surface area contributed by atoms with Crippen LogP contribution in [0.4, 0.5) is 0 Å². The van der Waals surface area contributed by atoms with E-state index < -0.39 is 0 Å². The van der Waals surface area contributed by atoms with E-state index in [9.17, 15) is 4.79 Å². The summed E-state index contributed by atoms with van der Waals surface area (Å²) >= 11 is 0. The fourth-order valence-corrected chi connectivity index (χ4v) is 10.9. The van der Waals surface area contributed by atoms with Crippen LogP contribution in [0.2, 0.25) is 0 Å². The molecule has 0 aliphatic heterocycles. The van der Waals surface area contributed by atoms with Crippen molar-refractivity contribution in [2.24, 2.45) is 51.8 Å². The fraction of sp³-hybridized carbons (Fsp3) is 0.848. The summed E-state index contributed by atoms with van der Waals surface area (Å²) in [5.41, 5.74) is 2.60. The predicted octanol–water partition coefficient (Wildman–Crippen LogP) is 8.68. The monoisotopic (exact) mass is 481 g/mol. The summed E-state index contributed by atoms with van der Waals surface area (Å²) < 4.78 is 0. The lowest BCUT2D eigenvalue weighted by Gasteiger charge is -2.66. The molecular formula is C33H55NO. The molecule has 0 bridgehead atoms. The largest absolute Gasteiger partial charge is 0.339 e. The van der Waals surface area contributed by atoms with E-state index in [4.69, 9.17) is 0 Å². The zero-order chi connectivity index (χ0) is 25.8. The Balaban J connectivity index is 1.52. The van der Waals surface area contributed by atoms with Gasteiger partial charge in [0.2, 0.25) is 5.91 Å². The molecule has 0 aromatic heterocycles. The lowest BCUT2D eigenvalue weighted by Crippen LogP contribution is -2.62. The van der Waals surface area contributed by atoms with Gasteiger partial charge in [-0.05, 0) is 136 Å². The molecule has 0 spiro atoms. The molecule has 1 amide bonds. The van der Waals surface area contributed by atoms with Crippen LogP contribution in [0.25, 0.3) is 0 Å². The third kappa shape index (κ3) is 4.37. The molecule has 4 saturated carbocycles. The summed E-state index contributed by atoms with van der Waals surface area (Å²) in [5, 5.41) is 0. The molecule has 2 heteroatoms. The Labute approximate surface area is 217 Å². The minimum atomic E-state index is 0.0875. The Hall–Kier alpha value is -1.05. The maximum atomic E-state index is 12.5. The average molecular weight is 482 g/mol. The molecule has 0 unspecified atom stereocenters. The number of carbonyl (C=O) groups excluding carboxylic acids is 1. The van der Waals surface area contributed by atoms with Gasteiger partial charge >= 0.3 is 0 Å². The zero-order valence-corrected chi connectivity index (χ0v) is 24.3. The molecule has 0 N–H and O–H groups in total. The van der Waals surface area contributed by atoms with Crippen LogP contribution in [0.5, 0.6) is 0 Å². The number of carbonyl (C=O) groups is 1. The molecule has 0 heterocycles. The molecule has 4 rings (SSSR count). The standard InChI is InChI=1S/C33H55NO/c1-10-30(35)34(9)29-19-21-33(8)27-18-20-32(7)25(23(4)13-11-12-22(2)3)15-16-26(32)24(27)14-17-28(33)31(29,5)6/h10,12,23-29H,1,11,13-21H2,2-9H3/t23-,24+,25-,26+,27+,28+,29+,32-,33-/m1/s1. The van der Waals surface area contributed by atoms with E-state index in [0.717, 1.165) is 36.0 Å². The van der Waals surface area contributed by atoms with Crippen molar-refractivity contribution in [2.75, 3.05) is 7.05 Å². The second-order valence-corrected chi connectivity index (χ2v) is 14.6. The zero-order valence-electron chi connectivity index (χ0n) is 24.3. The van der Waals surface area contributed by atoms with Crippen LogP contribution in [0.3, 0.4) is 0 Å². The Morgan fingerprint density at radius 1 is 0.971 bits per heavy atom. The van der Waals surface area contributed by atoms with Gasteiger partial charge in [-0.3, -0.25) is 4.79 Å². The van der Waals surface area contributed by atoms with E-state index in [2.05, 4.69) is 61.1 Å². The summed E-state index contributed by atoms with van der Waals surface area (Å²) in [4.78, 5) is 14.5. The van der Waals surface area contributed by atoms with Gasteiger partial charge in [-0.25, -0.2) is 0 Å². The van der Waals surface area contributed by atoms with Crippen LogP contribution in [0.1, 0.15) is 113 Å². The van der Waals surface area contributed by atoms with Crippen LogP contribution in [-0.2, 0) is 4.79 Å². The van der Waals surface area contributed by atoms with Crippen molar-refractivity contribution in [3.63, 3.8) is 0 Å². The molecule has 0 aromatic carbocycles. The van der Waals surface area contributed by atoms with Gasteiger partial charge in [0.05, 0.1) is 0 Å². The number of amides is 1. The second kappa shape index (κ2) is 9.68. The van der Waals surface area contributed by atoms with Crippen molar-refractivity contribution in [1.82, 2.24) is 4.90 Å². The summed E-state index contributed by atoms with van der Waals surface area (Å²) in [6.07, 6.45) is 17.6. The van der Waals surface area contributed by atoms with Crippen LogP contribution in [0.15, 0.2) is 24.3 Å². The highest BCUT2D eigenvalue weighted by Crippen LogP contribution is 2.70. The lowest BCUT2D eigenvalue weighted by molar-refractivity contribution is -0.170. The van der Waals surface area contributed by atoms with Gasteiger partial charge in [-0.15, -0.1) is 0 Å². The Bertz CT molecular complexity index is 836. The first-order valence-corrected chi connectivity index (χ1v) is 14.9. The highest BCUT2D eigenvalue weighted by molar-refractivity contribution is 5.87. The molecule has 4 aliphatic carbocycles. The van der Waals surface area contributed by atoms with Crippen LogP contribution in [0, 0.1) is 51.8 Å². The number of fused-ring (bicyclic) bond motifs is 5. The van der Waals surface area contributed by atoms with Gasteiger partial charge in [0.1, 0.15) is 0 Å². The van der Waals surface area contributed by atoms with Gasteiger partial charge in [-0.1, -0.05) is 52.8 Å². The topological polar surface area (TPSA) is 20.3 Å². The predicted molar refractivity (Wildman–Crippen MR) is 149 cm³/mol. The number of hydrogen-bond acceptors (Lipinski definition) is 1. The smallest absolute Gasteiger partial charge is 0.245 e. The van der Waals surface area contributed by atoms with Crippen molar-refractivity contribution >= 4 is 5.91 Å². The lowest BCUT2D eigenvalue weighted by atomic mass is 9.40. The van der Waals surface area contributed by atoms with Crippen molar-refractivity contribution in [1.29, 1.82) is 0 Å². The average Bonchev–Trinajstić information content (AvgIpc) is 3.15. The molecule has 4 aliphatic rings. The van der Waals surface area contributed by atoms with Gasteiger partial charge < -0.3 is 4.90 Å². The Morgan fingerprint density at radius 2 is 1.63 bits per heavy atom. The van der Waals surface area contributed by atoms with Gasteiger partial charge in [0, 0.05) is 13.1 Å². The first-order chi connectivity index (χ1) is 16.4.